The molecule has 0 aliphatic carbocycles. The number of nitrogens with zero attached hydrogens (tertiary/aromatic N) is 2. The van der Waals surface area contributed by atoms with Crippen LogP contribution in [0.4, 0.5) is 0 Å². The molecule has 0 saturated carbocycles. The zero-order valence-electron chi connectivity index (χ0n) is 8.93. The van der Waals surface area contributed by atoms with E-state index in [1.807, 2.05) is 40.2 Å². The van der Waals surface area contributed by atoms with E-state index in [4.69, 9.17) is 17.3 Å². The van der Waals surface area contributed by atoms with E-state index >= 15 is 0 Å². The lowest BCUT2D eigenvalue weighted by atomic mass is 10.3. The SMILES string of the molecule is NCc1c(-c2cccs2)nc2c(Cl)cccn12. The Labute approximate surface area is 107 Å². The van der Waals surface area contributed by atoms with Gasteiger partial charge in [0.1, 0.15) is 5.69 Å². The minimum Gasteiger partial charge on any atom is -0.325 e. The van der Waals surface area contributed by atoms with Gasteiger partial charge in [0.15, 0.2) is 5.65 Å². The van der Waals surface area contributed by atoms with Crippen molar-refractivity contribution in [2.45, 2.75) is 6.54 Å². The molecule has 3 nitrogen and oxygen atoms in total. The van der Waals surface area contributed by atoms with Crippen molar-refractivity contribution in [1.82, 2.24) is 9.38 Å². The van der Waals surface area contributed by atoms with E-state index in [0.717, 1.165) is 21.9 Å². The highest BCUT2D eigenvalue weighted by Crippen LogP contribution is 2.30. The normalized spacial score (nSPS) is 11.2. The van der Waals surface area contributed by atoms with E-state index in [1.54, 1.807) is 11.3 Å². The monoisotopic (exact) mass is 263 g/mol. The van der Waals surface area contributed by atoms with Gasteiger partial charge in [0.25, 0.3) is 0 Å². The second-order valence-electron chi connectivity index (χ2n) is 3.64. The second kappa shape index (κ2) is 4.14. The van der Waals surface area contributed by atoms with Gasteiger partial charge >= 0.3 is 0 Å². The summed E-state index contributed by atoms with van der Waals surface area (Å²) in [6, 6.07) is 7.78. The molecule has 0 aliphatic rings. The number of halogens is 1. The number of nitrogens with two attached hydrogens (primary N) is 1. The summed E-state index contributed by atoms with van der Waals surface area (Å²) in [5, 5.41) is 2.67. The molecule has 0 amide bonds. The molecule has 0 aromatic carbocycles. The number of thiophene rings is 1. The first-order valence-electron chi connectivity index (χ1n) is 5.20. The Bertz CT molecular complexity index is 658. The molecule has 0 atom stereocenters. The van der Waals surface area contributed by atoms with Gasteiger partial charge in [0, 0.05) is 12.7 Å². The van der Waals surface area contributed by atoms with E-state index in [2.05, 4.69) is 4.98 Å². The van der Waals surface area contributed by atoms with Crippen LogP contribution in [0.2, 0.25) is 5.02 Å². The molecule has 0 unspecified atom stereocenters. The summed E-state index contributed by atoms with van der Waals surface area (Å²) >= 11 is 7.79. The Morgan fingerprint density at radius 2 is 2.24 bits per heavy atom. The van der Waals surface area contributed by atoms with E-state index in [9.17, 15) is 0 Å². The van der Waals surface area contributed by atoms with Gasteiger partial charge in [-0.25, -0.2) is 4.98 Å². The summed E-state index contributed by atoms with van der Waals surface area (Å²) in [5.74, 6) is 0. The Kier molecular flexibility index (Phi) is 2.63. The lowest BCUT2D eigenvalue weighted by Crippen LogP contribution is -2.02. The van der Waals surface area contributed by atoms with Gasteiger partial charge in [-0.3, -0.25) is 0 Å². The molecule has 2 N–H and O–H groups in total. The van der Waals surface area contributed by atoms with Crippen molar-refractivity contribution in [1.29, 1.82) is 0 Å². The van der Waals surface area contributed by atoms with Gasteiger partial charge in [0.2, 0.25) is 0 Å². The van der Waals surface area contributed by atoms with E-state index < -0.39 is 0 Å². The van der Waals surface area contributed by atoms with Gasteiger partial charge in [-0.2, -0.15) is 0 Å². The highest BCUT2D eigenvalue weighted by atomic mass is 35.5. The van der Waals surface area contributed by atoms with Crippen molar-refractivity contribution in [3.8, 4) is 10.6 Å². The fourth-order valence-electron chi connectivity index (χ4n) is 1.89. The summed E-state index contributed by atoms with van der Waals surface area (Å²) in [6.07, 6.45) is 1.94. The van der Waals surface area contributed by atoms with Crippen molar-refractivity contribution in [2.24, 2.45) is 5.73 Å². The molecule has 3 aromatic heterocycles. The Balaban J connectivity index is 2.36. The Morgan fingerprint density at radius 3 is 2.94 bits per heavy atom. The summed E-state index contributed by atoms with van der Waals surface area (Å²) in [5.41, 5.74) is 8.50. The molecule has 3 heterocycles. The smallest absolute Gasteiger partial charge is 0.156 e. The number of aromatic nitrogens is 2. The number of rotatable bonds is 2. The third kappa shape index (κ3) is 1.65. The zero-order valence-corrected chi connectivity index (χ0v) is 10.5. The van der Waals surface area contributed by atoms with Gasteiger partial charge < -0.3 is 10.1 Å². The van der Waals surface area contributed by atoms with Crippen molar-refractivity contribution >= 4 is 28.6 Å². The maximum Gasteiger partial charge on any atom is 0.156 e. The van der Waals surface area contributed by atoms with Crippen molar-refractivity contribution in [2.75, 3.05) is 0 Å². The molecule has 3 aromatic rings. The average Bonchev–Trinajstić information content (AvgIpc) is 2.95. The van der Waals surface area contributed by atoms with Crippen molar-refractivity contribution in [3.63, 3.8) is 0 Å². The van der Waals surface area contributed by atoms with Crippen LogP contribution < -0.4 is 5.73 Å². The predicted molar refractivity (Wildman–Crippen MR) is 71.4 cm³/mol. The summed E-state index contributed by atoms with van der Waals surface area (Å²) in [4.78, 5) is 5.70. The van der Waals surface area contributed by atoms with Gasteiger partial charge in [0.05, 0.1) is 15.6 Å². The number of hydrogen-bond donors (Lipinski definition) is 1. The molecule has 0 bridgehead atoms. The molecule has 17 heavy (non-hydrogen) atoms. The third-order valence-electron chi connectivity index (χ3n) is 2.65. The Morgan fingerprint density at radius 1 is 1.35 bits per heavy atom. The highest BCUT2D eigenvalue weighted by molar-refractivity contribution is 7.13. The largest absolute Gasteiger partial charge is 0.325 e. The molecule has 0 radical (unpaired) electrons. The van der Waals surface area contributed by atoms with Crippen LogP contribution in [-0.2, 0) is 6.54 Å². The molecule has 0 spiro atoms. The van der Waals surface area contributed by atoms with Crippen LogP contribution in [-0.4, -0.2) is 9.38 Å². The van der Waals surface area contributed by atoms with Crippen LogP contribution in [0.5, 0.6) is 0 Å². The fourth-order valence-corrected chi connectivity index (χ4v) is 2.83. The minimum atomic E-state index is 0.439. The third-order valence-corrected chi connectivity index (χ3v) is 3.82. The van der Waals surface area contributed by atoms with Crippen molar-refractivity contribution in [3.05, 3.63) is 46.6 Å². The van der Waals surface area contributed by atoms with Crippen LogP contribution in [0.1, 0.15) is 5.69 Å². The predicted octanol–water partition coefficient (Wildman–Crippen LogP) is 3.17. The molecule has 0 fully saturated rings. The molecule has 86 valence electrons. The standard InChI is InChI=1S/C12H10ClN3S/c13-8-3-1-5-16-9(7-14)11(15-12(8)16)10-4-2-6-17-10/h1-6H,7,14H2. The van der Waals surface area contributed by atoms with E-state index in [1.165, 1.54) is 0 Å². The van der Waals surface area contributed by atoms with Gasteiger partial charge in [-0.15, -0.1) is 11.3 Å². The fraction of sp³-hybridized carbons (Fsp3) is 0.0833. The molecule has 0 saturated heterocycles. The zero-order chi connectivity index (χ0) is 11.8. The summed E-state index contributed by atoms with van der Waals surface area (Å²) < 4.78 is 1.96. The van der Waals surface area contributed by atoms with Crippen molar-refractivity contribution < 1.29 is 0 Å². The highest BCUT2D eigenvalue weighted by Gasteiger charge is 2.14. The average molecular weight is 264 g/mol. The van der Waals surface area contributed by atoms with Crippen LogP contribution >= 0.6 is 22.9 Å². The molecule has 3 rings (SSSR count). The number of pyridine rings is 1. The number of imidazole rings is 1. The molecular weight excluding hydrogens is 254 g/mol. The minimum absolute atomic E-state index is 0.439. The number of hydrogen-bond acceptors (Lipinski definition) is 3. The summed E-state index contributed by atoms with van der Waals surface area (Å²) in [6.45, 7) is 0.439. The van der Waals surface area contributed by atoms with Gasteiger partial charge in [-0.05, 0) is 23.6 Å². The molecule has 0 aliphatic heterocycles. The lowest BCUT2D eigenvalue weighted by molar-refractivity contribution is 0.963. The molecular formula is C12H10ClN3S. The van der Waals surface area contributed by atoms with Gasteiger partial charge in [-0.1, -0.05) is 17.7 Å². The van der Waals surface area contributed by atoms with E-state index in [-0.39, 0.29) is 0 Å². The number of fused-ring (bicyclic) bond motifs is 1. The molecule has 5 heteroatoms. The van der Waals surface area contributed by atoms with Crippen LogP contribution in [0, 0.1) is 0 Å². The second-order valence-corrected chi connectivity index (χ2v) is 4.99. The first kappa shape index (κ1) is 10.8. The van der Waals surface area contributed by atoms with Crippen LogP contribution in [0.15, 0.2) is 35.8 Å². The maximum absolute atomic E-state index is 6.14. The lowest BCUT2D eigenvalue weighted by Gasteiger charge is -2.00. The van der Waals surface area contributed by atoms with E-state index in [0.29, 0.717) is 11.6 Å². The van der Waals surface area contributed by atoms with Crippen LogP contribution in [0.25, 0.3) is 16.2 Å². The quantitative estimate of drug-likeness (QED) is 0.772. The van der Waals surface area contributed by atoms with Crippen LogP contribution in [0.3, 0.4) is 0 Å². The first-order valence-corrected chi connectivity index (χ1v) is 6.46. The first-order chi connectivity index (χ1) is 8.31. The maximum atomic E-state index is 6.14. The topological polar surface area (TPSA) is 43.3 Å². The Hall–Kier alpha value is -1.36. The summed E-state index contributed by atoms with van der Waals surface area (Å²) in [7, 11) is 0.